The van der Waals surface area contributed by atoms with Crippen molar-refractivity contribution < 1.29 is 4.79 Å². The second-order valence-corrected chi connectivity index (χ2v) is 5.51. The van der Waals surface area contributed by atoms with Crippen LogP contribution in [0.5, 0.6) is 0 Å². The number of hydrogen-bond acceptors (Lipinski definition) is 4. The molecular formula is C16H15N3OS. The molecule has 0 radical (unpaired) electrons. The second-order valence-electron chi connectivity index (χ2n) is 4.34. The number of carbonyl (C=O) groups excluding carboxylic acids is 1. The average molecular weight is 297 g/mol. The lowest BCUT2D eigenvalue weighted by atomic mass is 10.2. The molecule has 0 saturated carbocycles. The van der Waals surface area contributed by atoms with Gasteiger partial charge in [0.1, 0.15) is 6.07 Å². The Morgan fingerprint density at radius 2 is 2.00 bits per heavy atom. The molecule has 0 atom stereocenters. The van der Waals surface area contributed by atoms with Crippen LogP contribution in [0.15, 0.2) is 53.7 Å². The third kappa shape index (κ3) is 4.93. The molecule has 0 fully saturated rings. The molecule has 2 rings (SSSR count). The number of carbonyl (C=O) groups is 1. The molecule has 0 unspecified atom stereocenters. The van der Waals surface area contributed by atoms with E-state index in [9.17, 15) is 4.79 Å². The number of rotatable bonds is 6. The minimum atomic E-state index is -0.0620. The molecule has 1 aromatic carbocycles. The summed E-state index contributed by atoms with van der Waals surface area (Å²) in [7, 11) is 0. The van der Waals surface area contributed by atoms with Gasteiger partial charge in [0.2, 0.25) is 5.91 Å². The molecule has 106 valence electrons. The van der Waals surface area contributed by atoms with Crippen LogP contribution in [-0.4, -0.2) is 16.6 Å². The van der Waals surface area contributed by atoms with Gasteiger partial charge in [-0.3, -0.25) is 9.78 Å². The molecule has 4 nitrogen and oxygen atoms in total. The first-order valence-corrected chi connectivity index (χ1v) is 7.60. The Morgan fingerprint density at radius 3 is 2.76 bits per heavy atom. The predicted octanol–water partition coefficient (Wildman–Crippen LogP) is 3.46. The van der Waals surface area contributed by atoms with Gasteiger partial charge < -0.3 is 5.32 Å². The van der Waals surface area contributed by atoms with E-state index in [0.29, 0.717) is 17.7 Å². The number of nitrogens with one attached hydrogen (secondary N) is 1. The average Bonchev–Trinajstić information content (AvgIpc) is 2.53. The smallest absolute Gasteiger partial charge is 0.224 e. The van der Waals surface area contributed by atoms with E-state index in [1.807, 2.05) is 12.1 Å². The highest BCUT2D eigenvalue weighted by molar-refractivity contribution is 7.99. The maximum absolute atomic E-state index is 11.9. The summed E-state index contributed by atoms with van der Waals surface area (Å²) in [6.07, 6.45) is 4.74. The topological polar surface area (TPSA) is 65.8 Å². The van der Waals surface area contributed by atoms with E-state index < -0.39 is 0 Å². The van der Waals surface area contributed by atoms with Crippen molar-refractivity contribution in [3.8, 4) is 6.07 Å². The van der Waals surface area contributed by atoms with Crippen LogP contribution in [0.3, 0.4) is 0 Å². The fourth-order valence-corrected chi connectivity index (χ4v) is 2.60. The van der Waals surface area contributed by atoms with Gasteiger partial charge in [0.05, 0.1) is 11.3 Å². The lowest BCUT2D eigenvalue weighted by molar-refractivity contribution is -0.116. The van der Waals surface area contributed by atoms with Crippen LogP contribution < -0.4 is 5.32 Å². The van der Waals surface area contributed by atoms with Crippen molar-refractivity contribution in [3.63, 3.8) is 0 Å². The summed E-state index contributed by atoms with van der Waals surface area (Å²) in [4.78, 5) is 17.0. The van der Waals surface area contributed by atoms with Gasteiger partial charge in [0.15, 0.2) is 0 Å². The number of pyridine rings is 1. The lowest BCUT2D eigenvalue weighted by Gasteiger charge is -2.06. The van der Waals surface area contributed by atoms with Crippen molar-refractivity contribution >= 4 is 23.4 Å². The number of anilines is 1. The third-order valence-electron chi connectivity index (χ3n) is 2.79. The van der Waals surface area contributed by atoms with E-state index in [-0.39, 0.29) is 5.91 Å². The van der Waals surface area contributed by atoms with E-state index in [4.69, 9.17) is 5.26 Å². The minimum Gasteiger partial charge on any atom is -0.325 e. The van der Waals surface area contributed by atoms with Crippen LogP contribution >= 0.6 is 11.8 Å². The van der Waals surface area contributed by atoms with Gasteiger partial charge in [0.25, 0.3) is 0 Å². The largest absolute Gasteiger partial charge is 0.325 e. The normalized spacial score (nSPS) is 9.86. The van der Waals surface area contributed by atoms with E-state index in [1.165, 1.54) is 0 Å². The standard InChI is InChI=1S/C16H15N3OS/c17-12-13-4-1-2-5-15(13)19-16(20)6-3-11-21-14-7-9-18-10-8-14/h1-2,4-5,7-10H,3,6,11H2,(H,19,20). The van der Waals surface area contributed by atoms with Gasteiger partial charge in [-0.05, 0) is 36.4 Å². The summed E-state index contributed by atoms with van der Waals surface area (Å²) in [5, 5.41) is 11.7. The third-order valence-corrected chi connectivity index (χ3v) is 3.89. The maximum atomic E-state index is 11.9. The minimum absolute atomic E-state index is 0.0620. The SMILES string of the molecule is N#Cc1ccccc1NC(=O)CCCSc1ccncc1. The van der Waals surface area contributed by atoms with Crippen molar-refractivity contribution in [1.29, 1.82) is 5.26 Å². The lowest BCUT2D eigenvalue weighted by Crippen LogP contribution is -2.12. The molecule has 21 heavy (non-hydrogen) atoms. The Morgan fingerprint density at radius 1 is 1.24 bits per heavy atom. The Kier molecular flexibility index (Phi) is 5.80. The molecule has 0 spiro atoms. The van der Waals surface area contributed by atoms with Gasteiger partial charge in [-0.1, -0.05) is 12.1 Å². The molecule has 0 aliphatic heterocycles. The Labute approximate surface area is 128 Å². The second kappa shape index (κ2) is 8.08. The van der Waals surface area contributed by atoms with Crippen molar-refractivity contribution in [2.75, 3.05) is 11.1 Å². The first kappa shape index (κ1) is 15.1. The highest BCUT2D eigenvalue weighted by atomic mass is 32.2. The first-order valence-electron chi connectivity index (χ1n) is 6.61. The highest BCUT2D eigenvalue weighted by Gasteiger charge is 2.06. The van der Waals surface area contributed by atoms with Crippen molar-refractivity contribution in [2.24, 2.45) is 0 Å². The fourth-order valence-electron chi connectivity index (χ4n) is 1.76. The summed E-state index contributed by atoms with van der Waals surface area (Å²) >= 11 is 1.70. The van der Waals surface area contributed by atoms with Gasteiger partial charge in [0, 0.05) is 23.7 Å². The zero-order chi connectivity index (χ0) is 14.9. The van der Waals surface area contributed by atoms with Crippen LogP contribution in [0.25, 0.3) is 0 Å². The number of benzene rings is 1. The number of para-hydroxylation sites is 1. The number of aromatic nitrogens is 1. The van der Waals surface area contributed by atoms with Crippen LogP contribution in [0.1, 0.15) is 18.4 Å². The molecule has 1 N–H and O–H groups in total. The number of thioether (sulfide) groups is 1. The molecular weight excluding hydrogens is 282 g/mol. The number of hydrogen-bond donors (Lipinski definition) is 1. The van der Waals surface area contributed by atoms with E-state index >= 15 is 0 Å². The van der Waals surface area contributed by atoms with Gasteiger partial charge in [-0.2, -0.15) is 5.26 Å². The Bertz CT molecular complexity index is 637. The molecule has 0 bridgehead atoms. The molecule has 0 aliphatic carbocycles. The number of amides is 1. The summed E-state index contributed by atoms with van der Waals surface area (Å²) in [5.41, 5.74) is 1.06. The van der Waals surface area contributed by atoms with Crippen LogP contribution in [0, 0.1) is 11.3 Å². The fraction of sp³-hybridized carbons (Fsp3) is 0.188. The predicted molar refractivity (Wildman–Crippen MR) is 84.0 cm³/mol. The van der Waals surface area contributed by atoms with Crippen molar-refractivity contribution in [2.45, 2.75) is 17.7 Å². The van der Waals surface area contributed by atoms with Gasteiger partial charge in [-0.25, -0.2) is 0 Å². The molecule has 1 heterocycles. The van der Waals surface area contributed by atoms with Gasteiger partial charge in [-0.15, -0.1) is 11.8 Å². The Balaban J connectivity index is 1.74. The van der Waals surface area contributed by atoms with Crippen molar-refractivity contribution in [1.82, 2.24) is 4.98 Å². The molecule has 0 saturated heterocycles. The zero-order valence-corrected chi connectivity index (χ0v) is 12.3. The van der Waals surface area contributed by atoms with Crippen LogP contribution in [0.2, 0.25) is 0 Å². The van der Waals surface area contributed by atoms with E-state index in [0.717, 1.165) is 17.1 Å². The van der Waals surface area contributed by atoms with Crippen LogP contribution in [0.4, 0.5) is 5.69 Å². The summed E-state index contributed by atoms with van der Waals surface area (Å²) in [6.45, 7) is 0. The first-order chi connectivity index (χ1) is 10.3. The van der Waals surface area contributed by atoms with E-state index in [1.54, 1.807) is 48.4 Å². The molecule has 1 aromatic heterocycles. The summed E-state index contributed by atoms with van der Waals surface area (Å²) in [6, 6.07) is 13.0. The maximum Gasteiger partial charge on any atom is 0.224 e. The molecule has 2 aromatic rings. The quantitative estimate of drug-likeness (QED) is 0.655. The summed E-state index contributed by atoms with van der Waals surface area (Å²) < 4.78 is 0. The highest BCUT2D eigenvalue weighted by Crippen LogP contribution is 2.18. The monoisotopic (exact) mass is 297 g/mol. The number of nitriles is 1. The van der Waals surface area contributed by atoms with E-state index in [2.05, 4.69) is 16.4 Å². The Hall–Kier alpha value is -2.32. The summed E-state index contributed by atoms with van der Waals surface area (Å²) in [5.74, 6) is 0.810. The van der Waals surface area contributed by atoms with Gasteiger partial charge >= 0.3 is 0 Å². The molecule has 1 amide bonds. The van der Waals surface area contributed by atoms with Crippen molar-refractivity contribution in [3.05, 3.63) is 54.4 Å². The molecule has 5 heteroatoms. The molecule has 0 aliphatic rings. The van der Waals surface area contributed by atoms with Crippen LogP contribution in [-0.2, 0) is 4.79 Å². The number of nitrogens with zero attached hydrogens (tertiary/aromatic N) is 2. The zero-order valence-electron chi connectivity index (χ0n) is 11.5.